The molecule has 0 aliphatic carbocycles. The lowest BCUT2D eigenvalue weighted by atomic mass is 9.77. The third-order valence-corrected chi connectivity index (χ3v) is 3.02. The Hall–Kier alpha value is -1.08. The molecule has 0 saturated carbocycles. The smallest absolute Gasteiger partial charge is 0.491 e. The fraction of sp³-hybridized carbons (Fsp3) is 0.500. The Labute approximate surface area is 107 Å². The van der Waals surface area contributed by atoms with Crippen LogP contribution in [0.1, 0.15) is 24.2 Å². The third-order valence-electron chi connectivity index (χ3n) is 3.02. The third kappa shape index (κ3) is 2.37. The maximum atomic E-state index is 9.93. The standard InChI is InChI=1S/C12H18BNO4/c1-7-3-4-9(17-6-8(2)15)12-11(7)10(5-14)18-13(12)16/h3-4,8,10,15-16H,5-6,14H2,1-2H3/t8?,10-/m1/s1. The maximum absolute atomic E-state index is 9.93. The van der Waals surface area contributed by atoms with Crippen molar-refractivity contribution < 1.29 is 19.5 Å². The van der Waals surface area contributed by atoms with Gasteiger partial charge in [-0.2, -0.15) is 0 Å². The second-order valence-corrected chi connectivity index (χ2v) is 4.58. The molecule has 1 heterocycles. The molecule has 0 spiro atoms. The Kier molecular flexibility index (Phi) is 3.92. The molecule has 0 saturated heterocycles. The van der Waals surface area contributed by atoms with Crippen molar-refractivity contribution in [2.75, 3.05) is 13.2 Å². The van der Waals surface area contributed by atoms with Gasteiger partial charge in [-0.05, 0) is 31.0 Å². The monoisotopic (exact) mass is 251 g/mol. The predicted molar refractivity (Wildman–Crippen MR) is 68.8 cm³/mol. The fourth-order valence-corrected chi connectivity index (χ4v) is 2.21. The van der Waals surface area contributed by atoms with Crippen LogP contribution in [0, 0.1) is 6.92 Å². The summed E-state index contributed by atoms with van der Waals surface area (Å²) in [5, 5.41) is 19.2. The molecule has 1 aromatic carbocycles. The van der Waals surface area contributed by atoms with E-state index in [9.17, 15) is 10.1 Å². The molecular formula is C12H18BNO4. The van der Waals surface area contributed by atoms with Crippen molar-refractivity contribution in [3.63, 3.8) is 0 Å². The maximum Gasteiger partial charge on any atom is 0.495 e. The largest absolute Gasteiger partial charge is 0.495 e. The van der Waals surface area contributed by atoms with Crippen LogP contribution < -0.4 is 15.9 Å². The molecule has 0 fully saturated rings. The molecule has 0 bridgehead atoms. The first-order chi connectivity index (χ1) is 8.54. The zero-order valence-electron chi connectivity index (χ0n) is 10.6. The summed E-state index contributed by atoms with van der Waals surface area (Å²) >= 11 is 0. The lowest BCUT2D eigenvalue weighted by Crippen LogP contribution is -2.31. The summed E-state index contributed by atoms with van der Waals surface area (Å²) in [4.78, 5) is 0. The second kappa shape index (κ2) is 5.28. The number of fused-ring (bicyclic) bond motifs is 1. The van der Waals surface area contributed by atoms with Crippen molar-refractivity contribution in [1.82, 2.24) is 0 Å². The topological polar surface area (TPSA) is 84.9 Å². The number of rotatable bonds is 4. The van der Waals surface area contributed by atoms with E-state index in [0.29, 0.717) is 17.8 Å². The molecule has 1 unspecified atom stereocenters. The van der Waals surface area contributed by atoms with Crippen LogP contribution in [0.15, 0.2) is 12.1 Å². The van der Waals surface area contributed by atoms with Gasteiger partial charge in [0.2, 0.25) is 0 Å². The number of aliphatic hydroxyl groups excluding tert-OH is 1. The quantitative estimate of drug-likeness (QED) is 0.626. The van der Waals surface area contributed by atoms with E-state index >= 15 is 0 Å². The summed E-state index contributed by atoms with van der Waals surface area (Å²) in [6.45, 7) is 4.08. The lowest BCUT2D eigenvalue weighted by Gasteiger charge is -2.15. The number of hydrogen-bond acceptors (Lipinski definition) is 5. The number of hydrogen-bond donors (Lipinski definition) is 3. The van der Waals surface area contributed by atoms with E-state index in [-0.39, 0.29) is 12.7 Å². The molecule has 5 nitrogen and oxygen atoms in total. The zero-order chi connectivity index (χ0) is 13.3. The number of aryl methyl sites for hydroxylation is 1. The van der Waals surface area contributed by atoms with Gasteiger partial charge in [-0.25, -0.2) is 0 Å². The normalized spacial score (nSPS) is 19.8. The molecule has 0 amide bonds. The van der Waals surface area contributed by atoms with E-state index in [4.69, 9.17) is 15.1 Å². The minimum atomic E-state index is -1.02. The van der Waals surface area contributed by atoms with Crippen LogP contribution in [0.5, 0.6) is 5.75 Å². The molecule has 1 aliphatic heterocycles. The Bertz CT molecular complexity index is 438. The Morgan fingerprint density at radius 3 is 2.89 bits per heavy atom. The minimum absolute atomic E-state index is 0.176. The average Bonchev–Trinajstić information content (AvgIpc) is 2.67. The summed E-state index contributed by atoms with van der Waals surface area (Å²) in [5.74, 6) is 0.542. The van der Waals surface area contributed by atoms with Gasteiger partial charge < -0.3 is 25.3 Å². The number of ether oxygens (including phenoxy) is 1. The number of nitrogens with two attached hydrogens (primary N) is 1. The van der Waals surface area contributed by atoms with Crippen LogP contribution in [0.4, 0.5) is 0 Å². The van der Waals surface area contributed by atoms with Crippen LogP contribution in [0.25, 0.3) is 0 Å². The van der Waals surface area contributed by atoms with Crippen LogP contribution in [0.2, 0.25) is 0 Å². The van der Waals surface area contributed by atoms with Gasteiger partial charge in [-0.3, -0.25) is 0 Å². The SMILES string of the molecule is Cc1ccc(OCC(C)O)c2c1[C@@H](CN)OB2O. The fourth-order valence-electron chi connectivity index (χ4n) is 2.21. The zero-order valence-corrected chi connectivity index (χ0v) is 10.6. The van der Waals surface area contributed by atoms with Gasteiger partial charge in [-0.15, -0.1) is 0 Å². The van der Waals surface area contributed by atoms with Gasteiger partial charge in [0.1, 0.15) is 12.4 Å². The number of aliphatic hydroxyl groups is 1. The van der Waals surface area contributed by atoms with Crippen molar-refractivity contribution in [3.8, 4) is 5.75 Å². The highest BCUT2D eigenvalue weighted by Crippen LogP contribution is 2.29. The molecule has 1 aliphatic rings. The van der Waals surface area contributed by atoms with Gasteiger partial charge in [0, 0.05) is 12.0 Å². The van der Waals surface area contributed by atoms with Crippen molar-refractivity contribution in [2.45, 2.75) is 26.1 Å². The van der Waals surface area contributed by atoms with E-state index in [1.54, 1.807) is 13.0 Å². The first kappa shape index (κ1) is 13.4. The molecule has 18 heavy (non-hydrogen) atoms. The van der Waals surface area contributed by atoms with Crippen LogP contribution in [-0.2, 0) is 4.65 Å². The molecule has 1 aromatic rings. The Morgan fingerprint density at radius 2 is 2.28 bits per heavy atom. The molecule has 6 heteroatoms. The van der Waals surface area contributed by atoms with Crippen LogP contribution in [0.3, 0.4) is 0 Å². The van der Waals surface area contributed by atoms with Crippen molar-refractivity contribution >= 4 is 12.6 Å². The Balaban J connectivity index is 2.36. The summed E-state index contributed by atoms with van der Waals surface area (Å²) in [5.41, 5.74) is 8.18. The first-order valence-electron chi connectivity index (χ1n) is 6.02. The van der Waals surface area contributed by atoms with E-state index in [1.807, 2.05) is 13.0 Å². The molecule has 2 rings (SSSR count). The van der Waals surface area contributed by atoms with E-state index in [0.717, 1.165) is 11.1 Å². The molecule has 4 N–H and O–H groups in total. The molecule has 98 valence electrons. The van der Waals surface area contributed by atoms with Gasteiger partial charge in [-0.1, -0.05) is 6.07 Å². The van der Waals surface area contributed by atoms with Crippen molar-refractivity contribution in [2.24, 2.45) is 5.73 Å². The summed E-state index contributed by atoms with van der Waals surface area (Å²) in [6.07, 6.45) is -0.864. The summed E-state index contributed by atoms with van der Waals surface area (Å²) in [6, 6.07) is 3.68. The highest BCUT2D eigenvalue weighted by molar-refractivity contribution is 6.63. The molecule has 0 aromatic heterocycles. The van der Waals surface area contributed by atoms with Gasteiger partial charge in [0.25, 0.3) is 0 Å². The molecule has 2 atom stereocenters. The average molecular weight is 251 g/mol. The van der Waals surface area contributed by atoms with Crippen molar-refractivity contribution in [1.29, 1.82) is 0 Å². The van der Waals surface area contributed by atoms with E-state index in [1.165, 1.54) is 0 Å². The van der Waals surface area contributed by atoms with Gasteiger partial charge in [0.15, 0.2) is 0 Å². The predicted octanol–water partition coefficient (Wildman–Crippen LogP) is -0.528. The first-order valence-corrected chi connectivity index (χ1v) is 6.02. The van der Waals surface area contributed by atoms with Gasteiger partial charge >= 0.3 is 7.12 Å². The molecular weight excluding hydrogens is 233 g/mol. The van der Waals surface area contributed by atoms with E-state index in [2.05, 4.69) is 0 Å². The number of benzene rings is 1. The van der Waals surface area contributed by atoms with Crippen molar-refractivity contribution in [3.05, 3.63) is 23.3 Å². The Morgan fingerprint density at radius 1 is 1.56 bits per heavy atom. The van der Waals surface area contributed by atoms with Crippen LogP contribution in [-0.4, -0.2) is 36.5 Å². The minimum Gasteiger partial charge on any atom is -0.491 e. The summed E-state index contributed by atoms with van der Waals surface area (Å²) < 4.78 is 10.9. The second-order valence-electron chi connectivity index (χ2n) is 4.58. The lowest BCUT2D eigenvalue weighted by molar-refractivity contribution is 0.123. The van der Waals surface area contributed by atoms with Crippen LogP contribution >= 0.6 is 0 Å². The van der Waals surface area contributed by atoms with Gasteiger partial charge in [0.05, 0.1) is 12.2 Å². The highest BCUT2D eigenvalue weighted by atomic mass is 16.5. The van der Waals surface area contributed by atoms with E-state index < -0.39 is 13.2 Å². The highest BCUT2D eigenvalue weighted by Gasteiger charge is 2.38. The summed E-state index contributed by atoms with van der Waals surface area (Å²) in [7, 11) is -1.02. The molecule has 0 radical (unpaired) electrons.